The molecule has 2 aromatic heterocycles. The molecule has 0 aliphatic carbocycles. The number of halogens is 3. The molecular formula is C18H18F3N5O2. The number of benzene rings is 1. The highest BCUT2D eigenvalue weighted by Gasteiger charge is 2.30. The smallest absolute Gasteiger partial charge is 0.416 e. The van der Waals surface area contributed by atoms with Gasteiger partial charge in [-0.2, -0.15) is 28.1 Å². The third kappa shape index (κ3) is 5.18. The third-order valence-electron chi connectivity index (χ3n) is 3.66. The van der Waals surface area contributed by atoms with Crippen molar-refractivity contribution in [2.75, 3.05) is 11.9 Å². The summed E-state index contributed by atoms with van der Waals surface area (Å²) in [7, 11) is 0. The largest absolute Gasteiger partial charge is 0.464 e. The predicted molar refractivity (Wildman–Crippen MR) is 93.8 cm³/mol. The third-order valence-corrected chi connectivity index (χ3v) is 3.66. The highest BCUT2D eigenvalue weighted by molar-refractivity contribution is 5.31. The Hall–Kier alpha value is -3.17. The molecule has 0 radical (unpaired) electrons. The second-order valence-corrected chi connectivity index (χ2v) is 5.95. The Morgan fingerprint density at radius 3 is 2.64 bits per heavy atom. The first-order valence-corrected chi connectivity index (χ1v) is 8.53. The van der Waals surface area contributed by atoms with E-state index in [0.29, 0.717) is 30.2 Å². The van der Waals surface area contributed by atoms with E-state index in [0.717, 1.165) is 12.1 Å². The van der Waals surface area contributed by atoms with E-state index in [1.165, 1.54) is 6.07 Å². The number of rotatable bonds is 7. The number of alkyl halides is 3. The molecule has 1 N–H and O–H groups in total. The van der Waals surface area contributed by atoms with Crippen LogP contribution >= 0.6 is 0 Å². The number of aromatic nitrogens is 4. The van der Waals surface area contributed by atoms with Gasteiger partial charge in [-0.1, -0.05) is 23.4 Å². The molecule has 0 aliphatic rings. The van der Waals surface area contributed by atoms with Gasteiger partial charge in [0.2, 0.25) is 5.95 Å². The second kappa shape index (κ2) is 8.24. The molecule has 0 unspecified atom stereocenters. The minimum atomic E-state index is -4.41. The van der Waals surface area contributed by atoms with Gasteiger partial charge in [0, 0.05) is 12.5 Å². The Morgan fingerprint density at radius 1 is 1.14 bits per heavy atom. The van der Waals surface area contributed by atoms with Crippen LogP contribution in [0.4, 0.5) is 19.1 Å². The van der Waals surface area contributed by atoms with Crippen molar-refractivity contribution in [3.05, 3.63) is 58.7 Å². The average Bonchev–Trinajstić information content (AvgIpc) is 3.05. The molecule has 2 heterocycles. The molecule has 148 valence electrons. The van der Waals surface area contributed by atoms with Crippen LogP contribution in [0.1, 0.15) is 35.3 Å². The van der Waals surface area contributed by atoms with Gasteiger partial charge in [0.15, 0.2) is 0 Å². The van der Waals surface area contributed by atoms with Crippen molar-refractivity contribution in [1.29, 1.82) is 0 Å². The first kappa shape index (κ1) is 19.6. The second-order valence-electron chi connectivity index (χ2n) is 5.95. The van der Waals surface area contributed by atoms with E-state index in [2.05, 4.69) is 25.4 Å². The Morgan fingerprint density at radius 2 is 1.96 bits per heavy atom. The van der Waals surface area contributed by atoms with Crippen LogP contribution in [0, 0.1) is 6.92 Å². The summed E-state index contributed by atoms with van der Waals surface area (Å²) in [6.45, 7) is 4.21. The van der Waals surface area contributed by atoms with Crippen molar-refractivity contribution in [1.82, 2.24) is 20.1 Å². The molecule has 0 amide bonds. The lowest BCUT2D eigenvalue weighted by Gasteiger charge is -2.10. The number of hydrogen-bond acceptors (Lipinski definition) is 7. The molecule has 0 fully saturated rings. The molecular weight excluding hydrogens is 375 g/mol. The van der Waals surface area contributed by atoms with E-state index in [9.17, 15) is 13.2 Å². The molecule has 1 aromatic carbocycles. The lowest BCUT2D eigenvalue weighted by Crippen LogP contribution is -2.10. The summed E-state index contributed by atoms with van der Waals surface area (Å²) in [5.74, 6) is 1.20. The van der Waals surface area contributed by atoms with Gasteiger partial charge in [-0.3, -0.25) is 0 Å². The molecule has 0 saturated heterocycles. The van der Waals surface area contributed by atoms with Gasteiger partial charge in [0.05, 0.1) is 18.7 Å². The van der Waals surface area contributed by atoms with Crippen LogP contribution in [0.2, 0.25) is 0 Å². The zero-order chi connectivity index (χ0) is 20.1. The van der Waals surface area contributed by atoms with Gasteiger partial charge >= 0.3 is 12.2 Å². The normalized spacial score (nSPS) is 11.5. The lowest BCUT2D eigenvalue weighted by atomic mass is 10.1. The molecule has 0 bridgehead atoms. The first-order chi connectivity index (χ1) is 13.3. The Bertz CT molecular complexity index is 943. The highest BCUT2D eigenvalue weighted by Crippen LogP contribution is 2.29. The van der Waals surface area contributed by atoms with E-state index in [-0.39, 0.29) is 24.2 Å². The van der Waals surface area contributed by atoms with Crippen molar-refractivity contribution in [3.8, 4) is 6.01 Å². The topological polar surface area (TPSA) is 86.0 Å². The number of hydrogen-bond donors (Lipinski definition) is 1. The van der Waals surface area contributed by atoms with Crippen LogP contribution in [0.25, 0.3) is 0 Å². The number of aryl methyl sites for hydroxylation is 1. The summed E-state index contributed by atoms with van der Waals surface area (Å²) in [4.78, 5) is 12.6. The molecule has 0 atom stereocenters. The van der Waals surface area contributed by atoms with Crippen molar-refractivity contribution in [3.63, 3.8) is 0 Å². The Labute approximate surface area is 159 Å². The fourth-order valence-electron chi connectivity index (χ4n) is 2.46. The van der Waals surface area contributed by atoms with E-state index in [1.54, 1.807) is 26.0 Å². The van der Waals surface area contributed by atoms with E-state index >= 15 is 0 Å². The summed E-state index contributed by atoms with van der Waals surface area (Å²) in [5, 5.41) is 6.86. The van der Waals surface area contributed by atoms with Crippen LogP contribution in [-0.2, 0) is 19.1 Å². The maximum absolute atomic E-state index is 12.9. The maximum Gasteiger partial charge on any atom is 0.416 e. The first-order valence-electron chi connectivity index (χ1n) is 8.53. The zero-order valence-corrected chi connectivity index (χ0v) is 15.2. The van der Waals surface area contributed by atoms with Crippen molar-refractivity contribution < 1.29 is 22.4 Å². The average molecular weight is 393 g/mol. The summed E-state index contributed by atoms with van der Waals surface area (Å²) >= 11 is 0. The number of anilines is 1. The molecule has 10 heteroatoms. The molecule has 0 saturated carbocycles. The van der Waals surface area contributed by atoms with Gasteiger partial charge in [-0.15, -0.1) is 0 Å². The Balaban J connectivity index is 1.80. The molecule has 7 nitrogen and oxygen atoms in total. The predicted octanol–water partition coefficient (Wildman–Crippen LogP) is 3.79. The Kier molecular flexibility index (Phi) is 5.76. The van der Waals surface area contributed by atoms with Crippen LogP contribution in [0.15, 0.2) is 34.9 Å². The van der Waals surface area contributed by atoms with Gasteiger partial charge < -0.3 is 14.6 Å². The molecule has 0 spiro atoms. The van der Waals surface area contributed by atoms with Gasteiger partial charge in [0.1, 0.15) is 17.3 Å². The SMILES string of the molecule is CCOc1nc(Cc2cccc(C(F)(F)F)c2)nc(NCc2cc(C)on2)n1. The van der Waals surface area contributed by atoms with Crippen molar-refractivity contribution in [2.24, 2.45) is 0 Å². The lowest BCUT2D eigenvalue weighted by molar-refractivity contribution is -0.137. The standard InChI is InChI=1S/C18H18F3N5O2/c1-3-27-17-24-15(9-12-5-4-6-13(8-12)18(19,20)21)23-16(25-17)22-10-14-7-11(2)28-26-14/h4-8H,3,9-10H2,1-2H3,(H,22,23,24,25). The van der Waals surface area contributed by atoms with Gasteiger partial charge in [-0.25, -0.2) is 0 Å². The zero-order valence-electron chi connectivity index (χ0n) is 15.2. The minimum Gasteiger partial charge on any atom is -0.464 e. The quantitative estimate of drug-likeness (QED) is 0.654. The summed E-state index contributed by atoms with van der Waals surface area (Å²) in [6.07, 6.45) is -4.31. The number of ether oxygens (including phenoxy) is 1. The fraction of sp³-hybridized carbons (Fsp3) is 0.333. The molecule has 28 heavy (non-hydrogen) atoms. The molecule has 3 rings (SSSR count). The number of nitrogens with one attached hydrogen (secondary N) is 1. The van der Waals surface area contributed by atoms with Crippen molar-refractivity contribution >= 4 is 5.95 Å². The molecule has 3 aromatic rings. The van der Waals surface area contributed by atoms with Crippen LogP contribution in [0.3, 0.4) is 0 Å². The van der Waals surface area contributed by atoms with Crippen LogP contribution in [-0.4, -0.2) is 26.7 Å². The fourth-order valence-corrected chi connectivity index (χ4v) is 2.46. The van der Waals surface area contributed by atoms with Crippen LogP contribution < -0.4 is 10.1 Å². The van der Waals surface area contributed by atoms with E-state index < -0.39 is 11.7 Å². The minimum absolute atomic E-state index is 0.0957. The monoisotopic (exact) mass is 393 g/mol. The molecule has 0 aliphatic heterocycles. The summed E-state index contributed by atoms with van der Waals surface area (Å²) in [6, 6.07) is 6.91. The van der Waals surface area contributed by atoms with Gasteiger partial charge in [0.25, 0.3) is 0 Å². The summed E-state index contributed by atoms with van der Waals surface area (Å²) < 4.78 is 49.1. The summed E-state index contributed by atoms with van der Waals surface area (Å²) in [5.41, 5.74) is 0.376. The van der Waals surface area contributed by atoms with E-state index in [1.807, 2.05) is 0 Å². The van der Waals surface area contributed by atoms with Crippen LogP contribution in [0.5, 0.6) is 6.01 Å². The maximum atomic E-state index is 12.9. The van der Waals surface area contributed by atoms with E-state index in [4.69, 9.17) is 9.26 Å². The van der Waals surface area contributed by atoms with Gasteiger partial charge in [-0.05, 0) is 25.5 Å². The highest BCUT2D eigenvalue weighted by atomic mass is 19.4. The van der Waals surface area contributed by atoms with Crippen molar-refractivity contribution in [2.45, 2.75) is 33.0 Å². The number of nitrogens with zero attached hydrogens (tertiary/aromatic N) is 4.